The molecule has 174 valence electrons. The van der Waals surface area contributed by atoms with Gasteiger partial charge in [0.1, 0.15) is 7.05 Å². The maximum atomic E-state index is 13.8. The lowest BCUT2D eigenvalue weighted by Gasteiger charge is -2.28. The molecule has 0 fully saturated rings. The highest BCUT2D eigenvalue weighted by molar-refractivity contribution is 6.09. The molecule has 0 unspecified atom stereocenters. The predicted octanol–water partition coefficient (Wildman–Crippen LogP) is 7.37. The van der Waals surface area contributed by atoms with E-state index in [0.717, 1.165) is 44.2 Å². The topological polar surface area (TPSA) is 29.9 Å². The number of aromatic nitrogens is 2. The Balaban J connectivity index is 1.84. The lowest BCUT2D eigenvalue weighted by Crippen LogP contribution is -2.36. The highest BCUT2D eigenvalue weighted by Gasteiger charge is 2.47. The second kappa shape index (κ2) is 7.55. The highest BCUT2D eigenvalue weighted by atomic mass is 19.4. The Morgan fingerprint density at radius 1 is 0.912 bits per heavy atom. The lowest BCUT2D eigenvalue weighted by molar-refractivity contribution is -0.633. The van der Waals surface area contributed by atoms with Crippen molar-refractivity contribution in [2.75, 3.05) is 0 Å². The molecule has 5 aromatic rings. The van der Waals surface area contributed by atoms with Crippen molar-refractivity contribution in [3.05, 3.63) is 71.4 Å². The summed E-state index contributed by atoms with van der Waals surface area (Å²) < 4.78 is 49.7. The Hall–Kier alpha value is -3.41. The highest BCUT2D eigenvalue weighted by Crippen LogP contribution is 2.42. The van der Waals surface area contributed by atoms with E-state index in [-0.39, 0.29) is 6.42 Å². The van der Waals surface area contributed by atoms with Gasteiger partial charge in [-0.2, -0.15) is 17.7 Å². The number of hydrogen-bond donors (Lipinski definition) is 0. The molecule has 0 saturated heterocycles. The van der Waals surface area contributed by atoms with Crippen LogP contribution in [0.15, 0.2) is 59.0 Å². The number of alkyl halides is 3. The number of aryl methyl sites for hydroxylation is 3. The maximum Gasteiger partial charge on any atom is 0.394 e. The SMILES string of the molecule is Cc1ccc2c(n1)oc1c(-c3cc(CC(C)(C)C(F)(F)F)c4ccccc4[n+]3C)c(C)ccc12. The molecule has 6 heteroatoms. The van der Waals surface area contributed by atoms with Crippen LogP contribution in [0.3, 0.4) is 0 Å². The summed E-state index contributed by atoms with van der Waals surface area (Å²) in [5.74, 6) is 0. The van der Waals surface area contributed by atoms with E-state index in [2.05, 4.69) is 4.98 Å². The Bertz CT molecular complexity index is 1580. The number of para-hydroxylation sites is 1. The maximum absolute atomic E-state index is 13.8. The van der Waals surface area contributed by atoms with Crippen molar-refractivity contribution >= 4 is 33.0 Å². The number of nitrogens with zero attached hydrogens (tertiary/aromatic N) is 2. The largest absolute Gasteiger partial charge is 0.437 e. The molecule has 5 rings (SSSR count). The van der Waals surface area contributed by atoms with Gasteiger partial charge in [0.2, 0.25) is 16.9 Å². The molecule has 2 aromatic carbocycles. The first-order valence-corrected chi connectivity index (χ1v) is 11.3. The number of hydrogen-bond acceptors (Lipinski definition) is 2. The third kappa shape index (κ3) is 3.44. The normalized spacial score (nSPS) is 12.8. The van der Waals surface area contributed by atoms with E-state index in [1.54, 1.807) is 0 Å². The van der Waals surface area contributed by atoms with Crippen molar-refractivity contribution in [2.24, 2.45) is 12.5 Å². The Morgan fingerprint density at radius 3 is 2.35 bits per heavy atom. The third-order valence-corrected chi connectivity index (χ3v) is 6.79. The number of furan rings is 1. The second-order valence-corrected chi connectivity index (χ2v) is 9.73. The smallest absolute Gasteiger partial charge is 0.394 e. The minimum absolute atomic E-state index is 0.124. The summed E-state index contributed by atoms with van der Waals surface area (Å²) in [6.45, 7) is 6.42. The van der Waals surface area contributed by atoms with Crippen LogP contribution in [0, 0.1) is 19.3 Å². The first kappa shape index (κ1) is 22.4. The summed E-state index contributed by atoms with van der Waals surface area (Å²) in [5, 5.41) is 2.68. The van der Waals surface area contributed by atoms with Crippen molar-refractivity contribution in [2.45, 2.75) is 40.3 Å². The van der Waals surface area contributed by atoms with Gasteiger partial charge in [-0.3, -0.25) is 0 Å². The molecule has 0 aliphatic heterocycles. The molecule has 3 nitrogen and oxygen atoms in total. The van der Waals surface area contributed by atoms with Crippen LogP contribution in [0.1, 0.15) is 30.7 Å². The molecular formula is C28H26F3N2O+. The van der Waals surface area contributed by atoms with E-state index < -0.39 is 11.6 Å². The van der Waals surface area contributed by atoms with Crippen LogP contribution in [0.2, 0.25) is 0 Å². The first-order valence-electron chi connectivity index (χ1n) is 11.3. The fraction of sp³-hybridized carbons (Fsp3) is 0.286. The molecule has 34 heavy (non-hydrogen) atoms. The van der Waals surface area contributed by atoms with Crippen LogP contribution in [-0.4, -0.2) is 11.2 Å². The molecule has 0 bridgehead atoms. The minimum atomic E-state index is -4.31. The second-order valence-electron chi connectivity index (χ2n) is 9.73. The number of rotatable bonds is 3. The molecule has 3 aromatic heterocycles. The molecule has 0 aliphatic rings. The van der Waals surface area contributed by atoms with Gasteiger partial charge in [0.15, 0.2) is 5.58 Å². The van der Waals surface area contributed by atoms with E-state index >= 15 is 0 Å². The predicted molar refractivity (Wildman–Crippen MR) is 129 cm³/mol. The van der Waals surface area contributed by atoms with Crippen molar-refractivity contribution in [3.8, 4) is 11.3 Å². The molecule has 0 N–H and O–H groups in total. The summed E-state index contributed by atoms with van der Waals surface area (Å²) >= 11 is 0. The summed E-state index contributed by atoms with van der Waals surface area (Å²) in [4.78, 5) is 4.54. The lowest BCUT2D eigenvalue weighted by atomic mass is 9.83. The zero-order chi connectivity index (χ0) is 24.4. The third-order valence-electron chi connectivity index (χ3n) is 6.79. The summed E-state index contributed by atoms with van der Waals surface area (Å²) in [6.07, 6.45) is -4.44. The van der Waals surface area contributed by atoms with Gasteiger partial charge in [0, 0.05) is 34.0 Å². The van der Waals surface area contributed by atoms with Gasteiger partial charge < -0.3 is 4.42 Å². The van der Waals surface area contributed by atoms with Crippen molar-refractivity contribution in [3.63, 3.8) is 0 Å². The molecule has 0 radical (unpaired) electrons. The van der Waals surface area contributed by atoms with Gasteiger partial charge in [-0.25, -0.2) is 4.98 Å². The van der Waals surface area contributed by atoms with Crippen LogP contribution in [0.5, 0.6) is 0 Å². The van der Waals surface area contributed by atoms with Gasteiger partial charge in [0.05, 0.1) is 11.0 Å². The van der Waals surface area contributed by atoms with Gasteiger partial charge in [-0.15, -0.1) is 0 Å². The van der Waals surface area contributed by atoms with E-state index in [9.17, 15) is 13.2 Å². The minimum Gasteiger partial charge on any atom is -0.437 e. The first-order chi connectivity index (χ1) is 16.0. The molecule has 3 heterocycles. The average molecular weight is 464 g/mol. The molecule has 0 atom stereocenters. The van der Waals surface area contributed by atoms with E-state index in [1.165, 1.54) is 13.8 Å². The van der Waals surface area contributed by atoms with Gasteiger partial charge in [-0.1, -0.05) is 38.1 Å². The fourth-order valence-corrected chi connectivity index (χ4v) is 4.70. The molecule has 0 aliphatic carbocycles. The zero-order valence-corrected chi connectivity index (χ0v) is 19.8. The number of fused-ring (bicyclic) bond motifs is 4. The summed E-state index contributed by atoms with van der Waals surface area (Å²) in [7, 11) is 1.94. The molecule has 0 amide bonds. The van der Waals surface area contributed by atoms with Gasteiger partial charge >= 0.3 is 6.18 Å². The van der Waals surface area contributed by atoms with E-state index in [1.807, 2.05) is 80.1 Å². The Labute approximate surface area is 195 Å². The van der Waals surface area contributed by atoms with Gasteiger partial charge in [-0.05, 0) is 49.6 Å². The summed E-state index contributed by atoms with van der Waals surface area (Å²) in [5.41, 5.74) is 4.44. The van der Waals surface area contributed by atoms with Crippen LogP contribution in [-0.2, 0) is 13.5 Å². The van der Waals surface area contributed by atoms with Crippen LogP contribution in [0.4, 0.5) is 13.2 Å². The molecule has 0 spiro atoms. The van der Waals surface area contributed by atoms with E-state index in [0.29, 0.717) is 16.9 Å². The molecular weight excluding hydrogens is 437 g/mol. The van der Waals surface area contributed by atoms with Gasteiger partial charge in [0.25, 0.3) is 0 Å². The quantitative estimate of drug-likeness (QED) is 0.261. The van der Waals surface area contributed by atoms with Crippen LogP contribution < -0.4 is 4.57 Å². The monoisotopic (exact) mass is 463 g/mol. The fourth-order valence-electron chi connectivity index (χ4n) is 4.70. The number of pyridine rings is 2. The number of benzene rings is 2. The average Bonchev–Trinajstić information content (AvgIpc) is 3.12. The van der Waals surface area contributed by atoms with Crippen molar-refractivity contribution in [1.29, 1.82) is 0 Å². The van der Waals surface area contributed by atoms with Crippen LogP contribution in [0.25, 0.3) is 44.2 Å². The Morgan fingerprint density at radius 2 is 1.62 bits per heavy atom. The van der Waals surface area contributed by atoms with Crippen molar-refractivity contribution in [1.82, 2.24) is 4.98 Å². The molecule has 0 saturated carbocycles. The van der Waals surface area contributed by atoms with E-state index in [4.69, 9.17) is 4.42 Å². The standard InChI is InChI=1S/C28H26F3N2O/c1-16-10-12-20-21-13-11-17(2)32-26(21)34-25(20)24(16)23-14-18(15-27(3,4)28(29,30)31)19-8-6-7-9-22(19)33(23)5/h6-14H,15H2,1-5H3/q+1. The van der Waals surface area contributed by atoms with Crippen molar-refractivity contribution < 1.29 is 22.2 Å². The Kier molecular flexibility index (Phi) is 4.97. The summed E-state index contributed by atoms with van der Waals surface area (Å²) in [6, 6.07) is 17.5. The zero-order valence-electron chi connectivity index (χ0n) is 19.8. The number of halogens is 3. The van der Waals surface area contributed by atoms with Crippen LogP contribution >= 0.6 is 0 Å².